The number of allylic oxidation sites excluding steroid dienone is 1. The number of benzene rings is 2. The fraction of sp³-hybridized carbons (Fsp3) is 0.105. The molecule has 0 unspecified atom stereocenters. The quantitative estimate of drug-likeness (QED) is 0.528. The van der Waals surface area contributed by atoms with Crippen LogP contribution < -0.4 is 4.90 Å². The van der Waals surface area contributed by atoms with Crippen LogP contribution in [0.25, 0.3) is 17.0 Å². The third-order valence-electron chi connectivity index (χ3n) is 3.51. The standard InChI is InChI=1S/C19H17NO2/c1-20(2)16-10-7-14(8-11-16)9-12-17(21)19-13-15-5-3-4-6-18(15)22-19/h3-13H,1-2H3. The van der Waals surface area contributed by atoms with Gasteiger partial charge in [-0.3, -0.25) is 4.79 Å². The maximum atomic E-state index is 12.2. The van der Waals surface area contributed by atoms with Crippen LogP contribution in [0.4, 0.5) is 5.69 Å². The van der Waals surface area contributed by atoms with E-state index in [1.807, 2.05) is 67.5 Å². The van der Waals surface area contributed by atoms with Gasteiger partial charge < -0.3 is 9.32 Å². The Morgan fingerprint density at radius 1 is 1.05 bits per heavy atom. The molecule has 1 aromatic heterocycles. The summed E-state index contributed by atoms with van der Waals surface area (Å²) in [7, 11) is 3.99. The molecule has 0 amide bonds. The van der Waals surface area contributed by atoms with Crippen LogP contribution in [-0.4, -0.2) is 19.9 Å². The Bertz CT molecular complexity index is 793. The number of furan rings is 1. The van der Waals surface area contributed by atoms with E-state index in [1.165, 1.54) is 0 Å². The predicted octanol–water partition coefficient (Wildman–Crippen LogP) is 4.39. The number of anilines is 1. The second-order valence-corrected chi connectivity index (χ2v) is 5.33. The molecule has 0 radical (unpaired) electrons. The molecule has 110 valence electrons. The molecule has 0 aliphatic carbocycles. The third-order valence-corrected chi connectivity index (χ3v) is 3.51. The first kappa shape index (κ1) is 14.1. The van der Waals surface area contributed by atoms with Crippen molar-refractivity contribution in [2.24, 2.45) is 0 Å². The molecule has 0 N–H and O–H groups in total. The lowest BCUT2D eigenvalue weighted by Gasteiger charge is -2.11. The Morgan fingerprint density at radius 2 is 1.77 bits per heavy atom. The minimum absolute atomic E-state index is 0.132. The number of para-hydroxylation sites is 1. The zero-order valence-corrected chi connectivity index (χ0v) is 12.6. The monoisotopic (exact) mass is 291 g/mol. The molecule has 0 atom stereocenters. The molecule has 0 aliphatic heterocycles. The Labute approximate surface area is 129 Å². The Balaban J connectivity index is 1.78. The van der Waals surface area contributed by atoms with Crippen molar-refractivity contribution in [1.82, 2.24) is 0 Å². The first-order valence-corrected chi connectivity index (χ1v) is 7.12. The number of fused-ring (bicyclic) bond motifs is 1. The first-order valence-electron chi connectivity index (χ1n) is 7.12. The lowest BCUT2D eigenvalue weighted by Crippen LogP contribution is -2.07. The number of carbonyl (C=O) groups excluding carboxylic acids is 1. The zero-order valence-electron chi connectivity index (χ0n) is 12.6. The summed E-state index contributed by atoms with van der Waals surface area (Å²) < 4.78 is 5.56. The highest BCUT2D eigenvalue weighted by atomic mass is 16.3. The average molecular weight is 291 g/mol. The molecule has 0 spiro atoms. The van der Waals surface area contributed by atoms with Crippen molar-refractivity contribution >= 4 is 28.5 Å². The van der Waals surface area contributed by atoms with Crippen LogP contribution in [0.2, 0.25) is 0 Å². The van der Waals surface area contributed by atoms with E-state index >= 15 is 0 Å². The van der Waals surface area contributed by atoms with Gasteiger partial charge in [-0.15, -0.1) is 0 Å². The van der Waals surface area contributed by atoms with Gasteiger partial charge in [0.05, 0.1) is 0 Å². The van der Waals surface area contributed by atoms with Crippen LogP contribution >= 0.6 is 0 Å². The Kier molecular flexibility index (Phi) is 3.79. The van der Waals surface area contributed by atoms with E-state index < -0.39 is 0 Å². The van der Waals surface area contributed by atoms with Gasteiger partial charge in [-0.1, -0.05) is 36.4 Å². The SMILES string of the molecule is CN(C)c1ccc(C=CC(=O)c2cc3ccccc3o2)cc1. The number of nitrogens with zero attached hydrogens (tertiary/aromatic N) is 1. The summed E-state index contributed by atoms with van der Waals surface area (Å²) in [5.74, 6) is 0.232. The number of rotatable bonds is 4. The van der Waals surface area contributed by atoms with E-state index in [1.54, 1.807) is 18.2 Å². The molecule has 0 bridgehead atoms. The number of ketones is 1. The molecule has 3 aromatic rings. The number of carbonyl (C=O) groups is 1. The Morgan fingerprint density at radius 3 is 2.45 bits per heavy atom. The Hall–Kier alpha value is -2.81. The summed E-state index contributed by atoms with van der Waals surface area (Å²) in [6.45, 7) is 0. The summed E-state index contributed by atoms with van der Waals surface area (Å²) in [5.41, 5.74) is 2.84. The minimum atomic E-state index is -0.132. The molecule has 3 nitrogen and oxygen atoms in total. The lowest BCUT2D eigenvalue weighted by molar-refractivity contribution is 0.102. The van der Waals surface area contributed by atoms with E-state index in [9.17, 15) is 4.79 Å². The van der Waals surface area contributed by atoms with Crippen LogP contribution in [0.15, 0.2) is 65.1 Å². The second-order valence-electron chi connectivity index (χ2n) is 5.33. The van der Waals surface area contributed by atoms with Crippen LogP contribution in [-0.2, 0) is 0 Å². The number of hydrogen-bond acceptors (Lipinski definition) is 3. The zero-order chi connectivity index (χ0) is 15.5. The van der Waals surface area contributed by atoms with Crippen molar-refractivity contribution < 1.29 is 9.21 Å². The summed E-state index contributed by atoms with van der Waals surface area (Å²) in [6, 6.07) is 17.4. The van der Waals surface area contributed by atoms with Crippen LogP contribution in [0, 0.1) is 0 Å². The van der Waals surface area contributed by atoms with E-state index in [2.05, 4.69) is 0 Å². The molecule has 22 heavy (non-hydrogen) atoms. The average Bonchev–Trinajstić information content (AvgIpc) is 2.97. The molecule has 1 heterocycles. The molecule has 0 fully saturated rings. The maximum absolute atomic E-state index is 12.2. The van der Waals surface area contributed by atoms with E-state index in [0.29, 0.717) is 5.76 Å². The van der Waals surface area contributed by atoms with Gasteiger partial charge in [-0.05, 0) is 35.9 Å². The lowest BCUT2D eigenvalue weighted by atomic mass is 10.1. The van der Waals surface area contributed by atoms with Crippen molar-refractivity contribution in [3.63, 3.8) is 0 Å². The summed E-state index contributed by atoms with van der Waals surface area (Å²) in [6.07, 6.45) is 3.34. The smallest absolute Gasteiger partial charge is 0.221 e. The summed E-state index contributed by atoms with van der Waals surface area (Å²) >= 11 is 0. The molecule has 0 saturated carbocycles. The van der Waals surface area contributed by atoms with Crippen molar-refractivity contribution in [2.45, 2.75) is 0 Å². The normalized spacial score (nSPS) is 11.2. The highest BCUT2D eigenvalue weighted by Gasteiger charge is 2.08. The topological polar surface area (TPSA) is 33.5 Å². The third kappa shape index (κ3) is 2.93. The highest BCUT2D eigenvalue weighted by molar-refractivity contribution is 6.06. The van der Waals surface area contributed by atoms with Crippen molar-refractivity contribution in [1.29, 1.82) is 0 Å². The van der Waals surface area contributed by atoms with Gasteiger partial charge in [0.2, 0.25) is 5.78 Å². The second kappa shape index (κ2) is 5.90. The molecule has 0 aliphatic rings. The molecular weight excluding hydrogens is 274 g/mol. The van der Waals surface area contributed by atoms with Gasteiger partial charge >= 0.3 is 0 Å². The van der Waals surface area contributed by atoms with Gasteiger partial charge in [0.25, 0.3) is 0 Å². The molecule has 3 heteroatoms. The van der Waals surface area contributed by atoms with Crippen molar-refractivity contribution in [2.75, 3.05) is 19.0 Å². The molecular formula is C19H17NO2. The largest absolute Gasteiger partial charge is 0.453 e. The van der Waals surface area contributed by atoms with Crippen molar-refractivity contribution in [3.8, 4) is 0 Å². The molecule has 2 aromatic carbocycles. The first-order chi connectivity index (χ1) is 10.6. The molecule has 0 saturated heterocycles. The summed E-state index contributed by atoms with van der Waals surface area (Å²) in [5, 5.41) is 0.939. The van der Waals surface area contributed by atoms with Crippen molar-refractivity contribution in [3.05, 3.63) is 72.0 Å². The predicted molar refractivity (Wildman–Crippen MR) is 90.3 cm³/mol. The fourth-order valence-corrected chi connectivity index (χ4v) is 2.24. The van der Waals surface area contributed by atoms with Crippen LogP contribution in [0.1, 0.15) is 16.1 Å². The van der Waals surface area contributed by atoms with Gasteiger partial charge in [0.1, 0.15) is 5.58 Å². The maximum Gasteiger partial charge on any atom is 0.221 e. The van der Waals surface area contributed by atoms with E-state index in [0.717, 1.165) is 22.2 Å². The van der Waals surface area contributed by atoms with E-state index in [-0.39, 0.29) is 5.78 Å². The van der Waals surface area contributed by atoms with Crippen LogP contribution in [0.3, 0.4) is 0 Å². The summed E-state index contributed by atoms with van der Waals surface area (Å²) in [4.78, 5) is 14.2. The van der Waals surface area contributed by atoms with Gasteiger partial charge in [0, 0.05) is 25.2 Å². The van der Waals surface area contributed by atoms with E-state index in [4.69, 9.17) is 4.42 Å². The highest BCUT2D eigenvalue weighted by Crippen LogP contribution is 2.20. The molecule has 3 rings (SSSR count). The van der Waals surface area contributed by atoms with Gasteiger partial charge in [-0.25, -0.2) is 0 Å². The van der Waals surface area contributed by atoms with Gasteiger partial charge in [0.15, 0.2) is 5.76 Å². The number of hydrogen-bond donors (Lipinski definition) is 0. The fourth-order valence-electron chi connectivity index (χ4n) is 2.24. The van der Waals surface area contributed by atoms with Gasteiger partial charge in [-0.2, -0.15) is 0 Å². The van der Waals surface area contributed by atoms with Crippen LogP contribution in [0.5, 0.6) is 0 Å². The minimum Gasteiger partial charge on any atom is -0.453 e.